The second kappa shape index (κ2) is 11.6. The van der Waals surface area contributed by atoms with Crippen LogP contribution >= 0.6 is 27.3 Å². The number of allylic oxidation sites excluding steroid dienone is 1. The van der Waals surface area contributed by atoms with Crippen molar-refractivity contribution in [3.05, 3.63) is 83.0 Å². The van der Waals surface area contributed by atoms with Crippen molar-refractivity contribution in [1.29, 1.82) is 0 Å². The van der Waals surface area contributed by atoms with Gasteiger partial charge in [-0.1, -0.05) is 27.3 Å². The summed E-state index contributed by atoms with van der Waals surface area (Å²) >= 11 is 4.76. The summed E-state index contributed by atoms with van der Waals surface area (Å²) in [6.07, 6.45) is 1.79. The molecular weight excluding hydrogens is 570 g/mol. The number of methoxy groups -OCH3 is 3. The SMILES string of the molecule is CCN(CC)C(=O)C1=C(C)N=c2s/c(=C/c3cc(Br)ccc3OC)c(=O)n2[C@@H]1c1cc(OC)ccc1OC. The van der Waals surface area contributed by atoms with Crippen LogP contribution in [0.15, 0.2) is 61.9 Å². The van der Waals surface area contributed by atoms with Gasteiger partial charge in [-0.25, -0.2) is 4.99 Å². The maximum Gasteiger partial charge on any atom is 0.271 e. The Balaban J connectivity index is 2.05. The largest absolute Gasteiger partial charge is 0.497 e. The van der Waals surface area contributed by atoms with Gasteiger partial charge < -0.3 is 19.1 Å². The minimum Gasteiger partial charge on any atom is -0.497 e. The number of ether oxygens (including phenoxy) is 3. The molecule has 3 aromatic rings. The van der Waals surface area contributed by atoms with Gasteiger partial charge in [0.1, 0.15) is 23.3 Å². The number of likely N-dealkylation sites (N-methyl/N-ethyl adjacent to an activating group) is 1. The number of hydrogen-bond donors (Lipinski definition) is 0. The van der Waals surface area contributed by atoms with Crippen LogP contribution in [0.3, 0.4) is 0 Å². The van der Waals surface area contributed by atoms with Crippen LogP contribution in [0.5, 0.6) is 17.2 Å². The standard InChI is InChI=1S/C28H30BrN3O5S/c1-7-31(8-2)27(34)24-16(3)30-28-32(25(24)20-15-19(35-4)10-12-22(20)37-6)26(33)23(38-28)14-17-13-18(29)9-11-21(17)36-5/h9-15,25H,7-8H2,1-6H3/b23-14+/t25-/m1/s1. The smallest absolute Gasteiger partial charge is 0.271 e. The van der Waals surface area contributed by atoms with Crippen LogP contribution in [0, 0.1) is 0 Å². The van der Waals surface area contributed by atoms with E-state index in [0.717, 1.165) is 10.0 Å². The first-order valence-electron chi connectivity index (χ1n) is 12.1. The third-order valence-electron chi connectivity index (χ3n) is 6.51. The van der Waals surface area contributed by atoms with Gasteiger partial charge in [-0.2, -0.15) is 0 Å². The quantitative estimate of drug-likeness (QED) is 0.392. The molecule has 2 heterocycles. The van der Waals surface area contributed by atoms with E-state index in [1.165, 1.54) is 11.3 Å². The molecule has 0 bridgehead atoms. The Morgan fingerprint density at radius 1 is 1.08 bits per heavy atom. The van der Waals surface area contributed by atoms with E-state index in [1.54, 1.807) is 49.0 Å². The summed E-state index contributed by atoms with van der Waals surface area (Å²) in [5, 5.41) is 0. The molecule has 1 amide bonds. The number of nitrogens with zero attached hydrogens (tertiary/aromatic N) is 3. The molecule has 1 aliphatic rings. The molecule has 1 aliphatic heterocycles. The fourth-order valence-corrected chi connectivity index (χ4v) is 6.00. The topological polar surface area (TPSA) is 82.4 Å². The van der Waals surface area contributed by atoms with Crippen molar-refractivity contribution in [2.75, 3.05) is 34.4 Å². The molecule has 0 spiro atoms. The van der Waals surface area contributed by atoms with Crippen molar-refractivity contribution in [3.63, 3.8) is 0 Å². The summed E-state index contributed by atoms with van der Waals surface area (Å²) < 4.78 is 19.6. The lowest BCUT2D eigenvalue weighted by molar-refractivity contribution is -0.127. The number of carbonyl (C=O) groups excluding carboxylic acids is 1. The Bertz CT molecular complexity index is 1590. The molecule has 4 rings (SSSR count). The number of amides is 1. The number of thiazole rings is 1. The minimum atomic E-state index is -0.754. The predicted molar refractivity (Wildman–Crippen MR) is 152 cm³/mol. The lowest BCUT2D eigenvalue weighted by Crippen LogP contribution is -2.43. The van der Waals surface area contributed by atoms with Gasteiger partial charge in [0.05, 0.1) is 37.1 Å². The zero-order valence-corrected chi connectivity index (χ0v) is 24.6. The van der Waals surface area contributed by atoms with Crippen molar-refractivity contribution in [2.24, 2.45) is 4.99 Å². The van der Waals surface area contributed by atoms with Gasteiger partial charge in [-0.15, -0.1) is 0 Å². The number of hydrogen-bond acceptors (Lipinski definition) is 7. The Labute approximate surface area is 233 Å². The summed E-state index contributed by atoms with van der Waals surface area (Å²) in [6.45, 7) is 6.73. The Morgan fingerprint density at radius 2 is 1.76 bits per heavy atom. The monoisotopic (exact) mass is 599 g/mol. The van der Waals surface area contributed by atoms with E-state index in [4.69, 9.17) is 19.2 Å². The van der Waals surface area contributed by atoms with E-state index in [9.17, 15) is 9.59 Å². The Hall–Kier alpha value is -3.37. The highest BCUT2D eigenvalue weighted by Gasteiger charge is 2.36. The van der Waals surface area contributed by atoms with Gasteiger partial charge in [0.15, 0.2) is 4.80 Å². The molecule has 0 N–H and O–H groups in total. The highest BCUT2D eigenvalue weighted by Crippen LogP contribution is 2.38. The number of benzene rings is 2. The molecule has 0 unspecified atom stereocenters. The minimum absolute atomic E-state index is 0.172. The molecule has 0 aliphatic carbocycles. The lowest BCUT2D eigenvalue weighted by Gasteiger charge is -2.30. The van der Waals surface area contributed by atoms with Crippen molar-refractivity contribution in [1.82, 2.24) is 9.47 Å². The maximum absolute atomic E-state index is 14.0. The van der Waals surface area contributed by atoms with Crippen molar-refractivity contribution >= 4 is 39.2 Å². The first kappa shape index (κ1) is 27.7. The first-order chi connectivity index (χ1) is 18.3. The number of halogens is 1. The maximum atomic E-state index is 14.0. The summed E-state index contributed by atoms with van der Waals surface area (Å²) in [5.41, 5.74) is 2.12. The van der Waals surface area contributed by atoms with Crippen molar-refractivity contribution in [3.8, 4) is 17.2 Å². The number of aromatic nitrogens is 1. The van der Waals surface area contributed by atoms with E-state index < -0.39 is 6.04 Å². The fourth-order valence-electron chi connectivity index (χ4n) is 4.58. The second-order valence-electron chi connectivity index (χ2n) is 8.55. The van der Waals surface area contributed by atoms with Crippen LogP contribution in [-0.2, 0) is 4.79 Å². The molecule has 1 aromatic heterocycles. The number of rotatable bonds is 8. The third-order valence-corrected chi connectivity index (χ3v) is 7.99. The molecule has 2 aromatic carbocycles. The van der Waals surface area contributed by atoms with Gasteiger partial charge in [0.2, 0.25) is 0 Å². The van der Waals surface area contributed by atoms with Crippen LogP contribution < -0.4 is 29.1 Å². The number of carbonyl (C=O) groups is 1. The number of fused-ring (bicyclic) bond motifs is 1. The molecule has 10 heteroatoms. The third kappa shape index (κ3) is 5.02. The first-order valence-corrected chi connectivity index (χ1v) is 13.8. The fraction of sp³-hybridized carbons (Fsp3) is 0.321. The van der Waals surface area contributed by atoms with Gasteiger partial charge in [0, 0.05) is 28.7 Å². The van der Waals surface area contributed by atoms with Gasteiger partial charge in [0.25, 0.3) is 11.5 Å². The average molecular weight is 601 g/mol. The molecule has 38 heavy (non-hydrogen) atoms. The predicted octanol–water partition coefficient (Wildman–Crippen LogP) is 3.89. The normalized spacial score (nSPS) is 15.1. The summed E-state index contributed by atoms with van der Waals surface area (Å²) in [6, 6.07) is 10.2. The van der Waals surface area contributed by atoms with Crippen LogP contribution in [0.4, 0.5) is 0 Å². The van der Waals surface area contributed by atoms with E-state index in [0.29, 0.717) is 56.5 Å². The Morgan fingerprint density at radius 3 is 2.39 bits per heavy atom. The van der Waals surface area contributed by atoms with Gasteiger partial charge in [-0.3, -0.25) is 14.2 Å². The summed E-state index contributed by atoms with van der Waals surface area (Å²) in [4.78, 5) is 34.8. The summed E-state index contributed by atoms with van der Waals surface area (Å²) in [7, 11) is 4.73. The molecular formula is C28H30BrN3O5S. The molecule has 0 radical (unpaired) electrons. The zero-order chi connectivity index (χ0) is 27.6. The highest BCUT2D eigenvalue weighted by atomic mass is 79.9. The lowest BCUT2D eigenvalue weighted by atomic mass is 9.93. The van der Waals surface area contributed by atoms with E-state index in [1.807, 2.05) is 45.0 Å². The molecule has 1 atom stereocenters. The van der Waals surface area contributed by atoms with E-state index in [-0.39, 0.29) is 11.5 Å². The molecule has 0 saturated heterocycles. The zero-order valence-electron chi connectivity index (χ0n) is 22.2. The van der Waals surface area contributed by atoms with Gasteiger partial charge >= 0.3 is 0 Å². The molecule has 8 nitrogen and oxygen atoms in total. The summed E-state index contributed by atoms with van der Waals surface area (Å²) in [5.74, 6) is 1.59. The molecule has 0 saturated carbocycles. The average Bonchev–Trinajstić information content (AvgIpc) is 3.22. The van der Waals surface area contributed by atoms with Crippen LogP contribution in [-0.4, -0.2) is 49.8 Å². The highest BCUT2D eigenvalue weighted by molar-refractivity contribution is 9.10. The van der Waals surface area contributed by atoms with Crippen molar-refractivity contribution in [2.45, 2.75) is 26.8 Å². The Kier molecular flexibility index (Phi) is 8.42. The van der Waals surface area contributed by atoms with Crippen LogP contribution in [0.1, 0.15) is 37.9 Å². The second-order valence-corrected chi connectivity index (χ2v) is 10.5. The van der Waals surface area contributed by atoms with Crippen molar-refractivity contribution < 1.29 is 19.0 Å². The molecule has 200 valence electrons. The molecule has 0 fully saturated rings. The van der Waals surface area contributed by atoms with Crippen LogP contribution in [0.2, 0.25) is 0 Å². The van der Waals surface area contributed by atoms with E-state index in [2.05, 4.69) is 15.9 Å². The van der Waals surface area contributed by atoms with E-state index >= 15 is 0 Å². The van der Waals surface area contributed by atoms with Crippen LogP contribution in [0.25, 0.3) is 6.08 Å². The van der Waals surface area contributed by atoms with Gasteiger partial charge in [-0.05, 0) is 63.2 Å².